The summed E-state index contributed by atoms with van der Waals surface area (Å²) in [5.41, 5.74) is 0.324. The molecular weight excluding hydrogens is 429 g/mol. The van der Waals surface area contributed by atoms with Crippen molar-refractivity contribution in [3.8, 4) is 11.9 Å². The Morgan fingerprint density at radius 3 is 2.97 bits per heavy atom. The molecule has 1 amide bonds. The Morgan fingerprint density at radius 1 is 1.41 bits per heavy atom. The molecule has 9 nitrogen and oxygen atoms in total. The molecule has 0 saturated carbocycles. The van der Waals surface area contributed by atoms with Crippen molar-refractivity contribution in [2.45, 2.75) is 37.6 Å². The molecule has 3 atom stereocenters. The predicted molar refractivity (Wildman–Crippen MR) is 104 cm³/mol. The molecule has 1 aromatic carbocycles. The summed E-state index contributed by atoms with van der Waals surface area (Å²) < 4.78 is 48.5. The molecule has 2 N–H and O–H groups in total. The lowest BCUT2D eigenvalue weighted by Gasteiger charge is -2.17. The van der Waals surface area contributed by atoms with Crippen molar-refractivity contribution in [1.82, 2.24) is 25.3 Å². The van der Waals surface area contributed by atoms with E-state index in [2.05, 4.69) is 26.7 Å². The van der Waals surface area contributed by atoms with Crippen molar-refractivity contribution in [2.24, 2.45) is 0 Å². The van der Waals surface area contributed by atoms with Gasteiger partial charge in [0.1, 0.15) is 11.5 Å². The number of aromatic nitrogens is 2. The second-order valence-corrected chi connectivity index (χ2v) is 7.32. The summed E-state index contributed by atoms with van der Waals surface area (Å²) >= 11 is 0. The third-order valence-electron chi connectivity index (χ3n) is 5.05. The number of hydrogen-bond donors (Lipinski definition) is 2. The lowest BCUT2D eigenvalue weighted by Crippen LogP contribution is -2.46. The molecule has 0 aliphatic carbocycles. The van der Waals surface area contributed by atoms with E-state index in [-0.39, 0.29) is 17.8 Å². The summed E-state index contributed by atoms with van der Waals surface area (Å²) in [7, 11) is 0. The largest absolute Gasteiger partial charge is 0.573 e. The van der Waals surface area contributed by atoms with E-state index in [9.17, 15) is 23.2 Å². The Kier molecular flexibility index (Phi) is 5.81. The molecule has 168 valence electrons. The van der Waals surface area contributed by atoms with Crippen LogP contribution in [0.15, 0.2) is 48.9 Å². The van der Waals surface area contributed by atoms with Gasteiger partial charge >= 0.3 is 6.36 Å². The van der Waals surface area contributed by atoms with Gasteiger partial charge in [-0.2, -0.15) is 10.4 Å². The fourth-order valence-corrected chi connectivity index (χ4v) is 3.69. The standard InChI is InChI=1S/C20H19F3N6O3/c21-20(22,23)32-16-4-1-3-13(7-16)17-9-25-19(31-17)18(30)27-14-8-15(28(10-14)12-24)11-29-6-2-5-26-29/h1-7,9,14-15,19,25H,8,10-11H2,(H,27,30)/t14-,15+,19?/m1/s1. The fourth-order valence-electron chi connectivity index (χ4n) is 3.69. The van der Waals surface area contributed by atoms with E-state index in [1.54, 1.807) is 34.1 Å². The highest BCUT2D eigenvalue weighted by atomic mass is 19.4. The van der Waals surface area contributed by atoms with Gasteiger partial charge in [-0.1, -0.05) is 12.1 Å². The smallest absolute Gasteiger partial charge is 0.459 e. The third-order valence-corrected chi connectivity index (χ3v) is 5.05. The molecule has 2 aromatic rings. The van der Waals surface area contributed by atoms with Crippen molar-refractivity contribution in [1.29, 1.82) is 5.26 Å². The van der Waals surface area contributed by atoms with Crippen LogP contribution in [-0.2, 0) is 16.1 Å². The average molecular weight is 448 g/mol. The number of nitrogens with zero attached hydrogens (tertiary/aromatic N) is 4. The molecular formula is C20H19F3N6O3. The van der Waals surface area contributed by atoms with E-state index in [4.69, 9.17) is 4.74 Å². The van der Waals surface area contributed by atoms with Crippen LogP contribution in [-0.4, -0.2) is 51.8 Å². The highest BCUT2D eigenvalue weighted by Crippen LogP contribution is 2.28. The van der Waals surface area contributed by atoms with Crippen LogP contribution in [0.4, 0.5) is 13.2 Å². The summed E-state index contributed by atoms with van der Waals surface area (Å²) in [5, 5.41) is 19.2. The van der Waals surface area contributed by atoms with Crippen molar-refractivity contribution >= 4 is 11.7 Å². The number of hydrogen-bond acceptors (Lipinski definition) is 7. The van der Waals surface area contributed by atoms with Crippen LogP contribution in [0.25, 0.3) is 5.76 Å². The van der Waals surface area contributed by atoms with Gasteiger partial charge in [0.15, 0.2) is 6.19 Å². The molecule has 0 spiro atoms. The fraction of sp³-hybridized carbons (Fsp3) is 0.350. The molecule has 32 heavy (non-hydrogen) atoms. The maximum atomic E-state index is 12.6. The van der Waals surface area contributed by atoms with Gasteiger partial charge in [0.2, 0.25) is 6.23 Å². The topological polar surface area (TPSA) is 104 Å². The number of carbonyl (C=O) groups excluding carboxylic acids is 1. The van der Waals surface area contributed by atoms with E-state index in [0.717, 1.165) is 0 Å². The molecule has 4 rings (SSSR count). The minimum absolute atomic E-state index is 0.104. The van der Waals surface area contributed by atoms with Crippen LogP contribution in [0.5, 0.6) is 5.75 Å². The van der Waals surface area contributed by atoms with Gasteiger partial charge < -0.3 is 25.0 Å². The van der Waals surface area contributed by atoms with Gasteiger partial charge in [0.05, 0.1) is 12.6 Å². The first-order valence-electron chi connectivity index (χ1n) is 9.74. The first kappa shape index (κ1) is 21.4. The zero-order valence-corrected chi connectivity index (χ0v) is 16.6. The Balaban J connectivity index is 1.32. The molecule has 1 aromatic heterocycles. The Morgan fingerprint density at radius 2 is 2.25 bits per heavy atom. The minimum Gasteiger partial charge on any atom is -0.459 e. The van der Waals surface area contributed by atoms with Gasteiger partial charge in [0.25, 0.3) is 5.91 Å². The SMILES string of the molecule is N#CN1C[C@H](NC(=O)C2NC=C(c3cccc(OC(F)(F)F)c3)O2)C[C@H]1Cn1cccn1. The zero-order valence-electron chi connectivity index (χ0n) is 16.6. The van der Waals surface area contributed by atoms with E-state index >= 15 is 0 Å². The quantitative estimate of drug-likeness (QED) is 0.649. The second-order valence-electron chi connectivity index (χ2n) is 7.32. The number of benzene rings is 1. The van der Waals surface area contributed by atoms with Gasteiger partial charge in [-0.3, -0.25) is 9.48 Å². The summed E-state index contributed by atoms with van der Waals surface area (Å²) in [5.74, 6) is -0.626. The maximum absolute atomic E-state index is 12.6. The monoisotopic (exact) mass is 448 g/mol. The van der Waals surface area contributed by atoms with Crippen molar-refractivity contribution < 1.29 is 27.4 Å². The van der Waals surface area contributed by atoms with Crippen LogP contribution < -0.4 is 15.4 Å². The molecule has 1 fully saturated rings. The average Bonchev–Trinajstić information content (AvgIpc) is 3.48. The van der Waals surface area contributed by atoms with Crippen LogP contribution in [0.2, 0.25) is 0 Å². The number of nitrogens with one attached hydrogen (secondary N) is 2. The van der Waals surface area contributed by atoms with E-state index in [1.807, 2.05) is 0 Å². The highest BCUT2D eigenvalue weighted by molar-refractivity contribution is 5.83. The summed E-state index contributed by atoms with van der Waals surface area (Å²) in [6.07, 6.45) is 1.72. The van der Waals surface area contributed by atoms with Crippen molar-refractivity contribution in [3.63, 3.8) is 0 Å². The number of likely N-dealkylation sites (tertiary alicyclic amines) is 1. The zero-order chi connectivity index (χ0) is 22.7. The van der Waals surface area contributed by atoms with Gasteiger partial charge in [-0.15, -0.1) is 13.2 Å². The molecule has 3 heterocycles. The van der Waals surface area contributed by atoms with E-state index in [0.29, 0.717) is 25.1 Å². The minimum atomic E-state index is -4.81. The normalized spacial score (nSPS) is 22.5. The molecule has 1 unspecified atom stereocenters. The van der Waals surface area contributed by atoms with Gasteiger partial charge in [-0.05, 0) is 24.6 Å². The van der Waals surface area contributed by atoms with Gasteiger partial charge in [0, 0.05) is 36.7 Å². The molecule has 2 aliphatic rings. The third kappa shape index (κ3) is 5.05. The Bertz CT molecular complexity index is 1030. The summed E-state index contributed by atoms with van der Waals surface area (Å²) in [4.78, 5) is 14.2. The molecule has 0 bridgehead atoms. The number of alkyl halides is 3. The number of rotatable bonds is 6. The second kappa shape index (κ2) is 8.70. The number of ether oxygens (including phenoxy) is 2. The number of nitriles is 1. The van der Waals surface area contributed by atoms with Crippen molar-refractivity contribution in [2.75, 3.05) is 6.54 Å². The lowest BCUT2D eigenvalue weighted by atomic mass is 10.1. The molecule has 1 saturated heterocycles. The summed E-state index contributed by atoms with van der Waals surface area (Å²) in [6.45, 7) is 0.880. The van der Waals surface area contributed by atoms with Crippen LogP contribution in [0, 0.1) is 11.5 Å². The number of halogens is 3. The first-order chi connectivity index (χ1) is 15.3. The number of carbonyl (C=O) groups is 1. The highest BCUT2D eigenvalue weighted by Gasteiger charge is 2.36. The van der Waals surface area contributed by atoms with Crippen molar-refractivity contribution in [3.05, 3.63) is 54.5 Å². The van der Waals surface area contributed by atoms with Gasteiger partial charge in [-0.25, -0.2) is 0 Å². The van der Waals surface area contributed by atoms with E-state index in [1.165, 1.54) is 24.4 Å². The molecule has 12 heteroatoms. The van der Waals surface area contributed by atoms with Crippen LogP contribution in [0.3, 0.4) is 0 Å². The van der Waals surface area contributed by atoms with Crippen LogP contribution in [0.1, 0.15) is 12.0 Å². The Hall–Kier alpha value is -3.88. The number of amides is 1. The maximum Gasteiger partial charge on any atom is 0.573 e. The van der Waals surface area contributed by atoms with E-state index < -0.39 is 24.2 Å². The molecule has 0 radical (unpaired) electrons. The summed E-state index contributed by atoms with van der Waals surface area (Å²) in [6, 6.07) is 6.70. The van der Waals surface area contributed by atoms with Crippen LogP contribution >= 0.6 is 0 Å². The lowest BCUT2D eigenvalue weighted by molar-refractivity contribution is -0.274. The Labute approximate surface area is 181 Å². The predicted octanol–water partition coefficient (Wildman–Crippen LogP) is 1.77. The molecule has 2 aliphatic heterocycles. The first-order valence-corrected chi connectivity index (χ1v) is 9.74.